The molecule has 0 aliphatic rings. The Morgan fingerprint density at radius 1 is 1.35 bits per heavy atom. The van der Waals surface area contributed by atoms with E-state index in [4.69, 9.17) is 5.73 Å². The molecular weight excluding hydrogens is 236 g/mol. The van der Waals surface area contributed by atoms with E-state index in [9.17, 15) is 8.42 Å². The average Bonchev–Trinajstić information content (AvgIpc) is 2.29. The van der Waals surface area contributed by atoms with Gasteiger partial charge in [0.1, 0.15) is 0 Å². The minimum Gasteiger partial charge on any atom is -0.327 e. The fourth-order valence-electron chi connectivity index (χ4n) is 1.33. The van der Waals surface area contributed by atoms with Gasteiger partial charge in [-0.1, -0.05) is 26.0 Å². The minimum absolute atomic E-state index is 0.0156. The lowest BCUT2D eigenvalue weighted by molar-refractivity contribution is 0.461. The summed E-state index contributed by atoms with van der Waals surface area (Å²) in [5, 5.41) is 0. The van der Waals surface area contributed by atoms with Crippen LogP contribution in [0.5, 0.6) is 0 Å². The van der Waals surface area contributed by atoms with E-state index >= 15 is 0 Å². The van der Waals surface area contributed by atoms with Crippen molar-refractivity contribution in [2.45, 2.75) is 31.2 Å². The third kappa shape index (κ3) is 4.46. The number of nitrogens with two attached hydrogens (primary N) is 1. The standard InChI is InChI=1S/C12H19N2O2S/c1-10(2)12(13)8-9-14-17(15,16)11-6-4-3-5-7-11/h4-7,10,12,14H,8-9,13H2,1-2H3. The van der Waals surface area contributed by atoms with Crippen LogP contribution in [-0.4, -0.2) is 21.0 Å². The first-order chi connectivity index (χ1) is 7.93. The predicted molar refractivity (Wildman–Crippen MR) is 67.9 cm³/mol. The van der Waals surface area contributed by atoms with Gasteiger partial charge in [-0.3, -0.25) is 0 Å². The Balaban J connectivity index is 2.52. The zero-order valence-corrected chi connectivity index (χ0v) is 11.0. The second-order valence-electron chi connectivity index (χ2n) is 4.33. The molecule has 4 nitrogen and oxygen atoms in total. The van der Waals surface area contributed by atoms with E-state index in [-0.39, 0.29) is 10.9 Å². The molecule has 0 aliphatic carbocycles. The van der Waals surface area contributed by atoms with Gasteiger partial charge in [0.05, 0.1) is 4.90 Å². The Hall–Kier alpha value is -0.910. The maximum absolute atomic E-state index is 11.8. The molecule has 3 N–H and O–H groups in total. The van der Waals surface area contributed by atoms with Gasteiger partial charge in [0, 0.05) is 12.6 Å². The number of nitrogens with one attached hydrogen (secondary N) is 1. The van der Waals surface area contributed by atoms with Gasteiger partial charge >= 0.3 is 0 Å². The van der Waals surface area contributed by atoms with Crippen molar-refractivity contribution < 1.29 is 8.42 Å². The number of rotatable bonds is 6. The molecule has 0 spiro atoms. The molecule has 1 rings (SSSR count). The highest BCUT2D eigenvalue weighted by atomic mass is 32.2. The first kappa shape index (κ1) is 14.2. The van der Waals surface area contributed by atoms with Crippen molar-refractivity contribution in [2.75, 3.05) is 6.54 Å². The van der Waals surface area contributed by atoms with Gasteiger partial charge in [-0.25, -0.2) is 13.1 Å². The van der Waals surface area contributed by atoms with Crippen LogP contribution in [0.2, 0.25) is 0 Å². The SMILES string of the molecule is CC(C)C(N)CCNS(=O)(=O)c1cc[c]cc1. The van der Waals surface area contributed by atoms with Gasteiger partial charge in [0.2, 0.25) is 10.0 Å². The third-order valence-electron chi connectivity index (χ3n) is 2.62. The summed E-state index contributed by atoms with van der Waals surface area (Å²) in [6.45, 7) is 4.40. The lowest BCUT2D eigenvalue weighted by Gasteiger charge is -2.15. The van der Waals surface area contributed by atoms with Gasteiger partial charge in [0.15, 0.2) is 0 Å². The fraction of sp³-hybridized carbons (Fsp3) is 0.500. The Bertz CT molecular complexity index is 429. The predicted octanol–water partition coefficient (Wildman–Crippen LogP) is 1.14. The highest BCUT2D eigenvalue weighted by Gasteiger charge is 2.14. The molecule has 0 heterocycles. The molecule has 95 valence electrons. The van der Waals surface area contributed by atoms with E-state index in [0.29, 0.717) is 18.9 Å². The number of hydrogen-bond donors (Lipinski definition) is 2. The molecule has 17 heavy (non-hydrogen) atoms. The Labute approximate surface area is 103 Å². The monoisotopic (exact) mass is 255 g/mol. The molecule has 0 aromatic heterocycles. The van der Waals surface area contributed by atoms with E-state index in [1.165, 1.54) is 12.1 Å². The normalized spacial score (nSPS) is 13.9. The molecular formula is C12H19N2O2S. The first-order valence-electron chi connectivity index (χ1n) is 5.65. The maximum Gasteiger partial charge on any atom is 0.240 e. The zero-order valence-electron chi connectivity index (χ0n) is 10.2. The van der Waals surface area contributed by atoms with Crippen LogP contribution in [0.15, 0.2) is 29.2 Å². The molecule has 1 unspecified atom stereocenters. The van der Waals surface area contributed by atoms with Crippen LogP contribution < -0.4 is 10.5 Å². The van der Waals surface area contributed by atoms with Crippen molar-refractivity contribution in [3.05, 3.63) is 30.3 Å². The lowest BCUT2D eigenvalue weighted by atomic mass is 10.0. The summed E-state index contributed by atoms with van der Waals surface area (Å²) in [5.74, 6) is 0.353. The summed E-state index contributed by atoms with van der Waals surface area (Å²) in [5.41, 5.74) is 5.84. The fourth-order valence-corrected chi connectivity index (χ4v) is 2.38. The largest absolute Gasteiger partial charge is 0.327 e. The molecule has 0 bridgehead atoms. The quantitative estimate of drug-likeness (QED) is 0.800. The summed E-state index contributed by atoms with van der Waals surface area (Å²) in [6, 6.07) is 8.99. The molecule has 0 aliphatic heterocycles. The molecule has 0 fully saturated rings. The third-order valence-corrected chi connectivity index (χ3v) is 4.10. The average molecular weight is 255 g/mol. The van der Waals surface area contributed by atoms with Gasteiger partial charge in [0.25, 0.3) is 0 Å². The van der Waals surface area contributed by atoms with Crippen molar-refractivity contribution in [1.82, 2.24) is 4.72 Å². The van der Waals surface area contributed by atoms with E-state index in [2.05, 4.69) is 10.8 Å². The molecule has 0 saturated heterocycles. The van der Waals surface area contributed by atoms with Crippen LogP contribution in [0.1, 0.15) is 20.3 Å². The van der Waals surface area contributed by atoms with E-state index in [0.717, 1.165) is 0 Å². The van der Waals surface area contributed by atoms with Crippen LogP contribution in [0.3, 0.4) is 0 Å². The maximum atomic E-state index is 11.8. The summed E-state index contributed by atoms with van der Waals surface area (Å²) in [7, 11) is -3.41. The topological polar surface area (TPSA) is 72.2 Å². The highest BCUT2D eigenvalue weighted by Crippen LogP contribution is 2.07. The Morgan fingerprint density at radius 2 is 1.94 bits per heavy atom. The molecule has 1 radical (unpaired) electrons. The molecule has 1 atom stereocenters. The van der Waals surface area contributed by atoms with Crippen molar-refractivity contribution in [2.24, 2.45) is 11.7 Å². The van der Waals surface area contributed by atoms with Crippen molar-refractivity contribution in [3.63, 3.8) is 0 Å². The first-order valence-corrected chi connectivity index (χ1v) is 7.13. The number of benzene rings is 1. The van der Waals surface area contributed by atoms with Crippen LogP contribution in [0, 0.1) is 12.0 Å². The second-order valence-corrected chi connectivity index (χ2v) is 6.10. The van der Waals surface area contributed by atoms with Crippen LogP contribution in [-0.2, 0) is 10.0 Å². The molecule has 0 saturated carbocycles. The Kier molecular flexibility index (Phi) is 5.11. The van der Waals surface area contributed by atoms with E-state index in [1.54, 1.807) is 12.1 Å². The van der Waals surface area contributed by atoms with Crippen molar-refractivity contribution in [1.29, 1.82) is 0 Å². The summed E-state index contributed by atoms with van der Waals surface area (Å²) in [4.78, 5) is 0.259. The Morgan fingerprint density at radius 3 is 2.47 bits per heavy atom. The van der Waals surface area contributed by atoms with Gasteiger partial charge < -0.3 is 5.73 Å². The highest BCUT2D eigenvalue weighted by molar-refractivity contribution is 7.89. The van der Waals surface area contributed by atoms with E-state index < -0.39 is 10.0 Å². The zero-order chi connectivity index (χ0) is 12.9. The summed E-state index contributed by atoms with van der Waals surface area (Å²) < 4.78 is 26.2. The second kappa shape index (κ2) is 6.14. The van der Waals surface area contributed by atoms with Crippen molar-refractivity contribution in [3.8, 4) is 0 Å². The molecule has 1 aromatic rings. The van der Waals surface area contributed by atoms with Crippen molar-refractivity contribution >= 4 is 10.0 Å². The lowest BCUT2D eigenvalue weighted by Crippen LogP contribution is -2.33. The molecule has 1 aromatic carbocycles. The number of hydrogen-bond acceptors (Lipinski definition) is 3. The minimum atomic E-state index is -3.41. The smallest absolute Gasteiger partial charge is 0.240 e. The van der Waals surface area contributed by atoms with Gasteiger partial charge in [-0.2, -0.15) is 0 Å². The van der Waals surface area contributed by atoms with Gasteiger partial charge in [-0.15, -0.1) is 0 Å². The summed E-state index contributed by atoms with van der Waals surface area (Å²) >= 11 is 0. The summed E-state index contributed by atoms with van der Waals surface area (Å²) in [6.07, 6.45) is 0.635. The van der Waals surface area contributed by atoms with Crippen LogP contribution in [0.25, 0.3) is 0 Å². The number of sulfonamides is 1. The van der Waals surface area contributed by atoms with Gasteiger partial charge in [-0.05, 0) is 30.5 Å². The van der Waals surface area contributed by atoms with Crippen LogP contribution in [0.4, 0.5) is 0 Å². The van der Waals surface area contributed by atoms with Crippen LogP contribution >= 0.6 is 0 Å². The molecule has 5 heteroatoms. The molecule has 0 amide bonds. The van der Waals surface area contributed by atoms with E-state index in [1.807, 2.05) is 13.8 Å².